The molecule has 3 rings (SSSR count). The van der Waals surface area contributed by atoms with Gasteiger partial charge in [-0.1, -0.05) is 18.2 Å². The minimum absolute atomic E-state index is 0.0772. The van der Waals surface area contributed by atoms with E-state index in [-0.39, 0.29) is 25.2 Å². The van der Waals surface area contributed by atoms with Crippen LogP contribution in [0.1, 0.15) is 20.3 Å². The first-order valence-corrected chi connectivity index (χ1v) is 8.62. The van der Waals surface area contributed by atoms with Crippen molar-refractivity contribution in [2.75, 3.05) is 26.3 Å². The number of ether oxygens (including phenoxy) is 3. The van der Waals surface area contributed by atoms with Crippen molar-refractivity contribution < 1.29 is 23.8 Å². The fourth-order valence-electron chi connectivity index (χ4n) is 4.37. The van der Waals surface area contributed by atoms with Gasteiger partial charge in [-0.05, 0) is 20.3 Å². The second kappa shape index (κ2) is 6.69. The summed E-state index contributed by atoms with van der Waals surface area (Å²) >= 11 is 0. The smallest absolute Gasteiger partial charge is 0.322 e. The molecule has 6 heteroatoms. The Balaban J connectivity index is 1.98. The Morgan fingerprint density at radius 2 is 2.04 bits per heavy atom. The van der Waals surface area contributed by atoms with Crippen molar-refractivity contribution in [3.8, 4) is 0 Å². The maximum atomic E-state index is 12.6. The molecule has 0 N–H and O–H groups in total. The fraction of sp³-hybridized carbons (Fsp3) is 0.667. The predicted molar refractivity (Wildman–Crippen MR) is 87.2 cm³/mol. The van der Waals surface area contributed by atoms with Crippen LogP contribution >= 0.6 is 0 Å². The van der Waals surface area contributed by atoms with Crippen LogP contribution in [0.25, 0.3) is 0 Å². The van der Waals surface area contributed by atoms with E-state index in [0.717, 1.165) is 13.0 Å². The van der Waals surface area contributed by atoms with Crippen molar-refractivity contribution in [1.82, 2.24) is 4.90 Å². The van der Waals surface area contributed by atoms with Gasteiger partial charge in [0.2, 0.25) is 0 Å². The molecule has 0 unspecified atom stereocenters. The van der Waals surface area contributed by atoms with E-state index < -0.39 is 29.5 Å². The molecular formula is C18H25NO5. The Morgan fingerprint density at radius 1 is 1.38 bits per heavy atom. The van der Waals surface area contributed by atoms with Gasteiger partial charge in [0.25, 0.3) is 0 Å². The topological polar surface area (TPSA) is 65.1 Å². The summed E-state index contributed by atoms with van der Waals surface area (Å²) in [7, 11) is 0. The maximum Gasteiger partial charge on any atom is 0.322 e. The van der Waals surface area contributed by atoms with Gasteiger partial charge in [-0.2, -0.15) is 0 Å². The van der Waals surface area contributed by atoms with Crippen molar-refractivity contribution in [2.45, 2.75) is 38.0 Å². The number of fused-ring (bicyclic) bond motifs is 1. The quantitative estimate of drug-likeness (QED) is 0.397. The van der Waals surface area contributed by atoms with Crippen molar-refractivity contribution in [1.29, 1.82) is 0 Å². The van der Waals surface area contributed by atoms with Crippen molar-refractivity contribution >= 4 is 11.9 Å². The summed E-state index contributed by atoms with van der Waals surface area (Å²) in [4.78, 5) is 27.3. The van der Waals surface area contributed by atoms with Gasteiger partial charge in [0.15, 0.2) is 5.92 Å². The van der Waals surface area contributed by atoms with E-state index in [4.69, 9.17) is 14.2 Å². The number of likely N-dealkylation sites (tertiary alicyclic amines) is 1. The highest BCUT2D eigenvalue weighted by atomic mass is 16.6. The Labute approximate surface area is 142 Å². The first-order chi connectivity index (χ1) is 11.6. The average molecular weight is 335 g/mol. The van der Waals surface area contributed by atoms with E-state index in [0.29, 0.717) is 6.54 Å². The SMILES string of the molecule is C=CCN1C[C@@H]2C[C@H]3C=C[C@@]2(O3)[C@H]1C(C(=O)OCC)C(=O)OCC. The Hall–Kier alpha value is -1.66. The standard InChI is InChI=1S/C18H25NO5/c1-4-9-19-11-12-10-13-7-8-18(12,24-13)15(19)14(16(20)22-5-2)17(21)23-6-3/h4,7-8,12-15H,1,5-6,9-11H2,2-3H3/t12-,13+,15+,18-/m0/s1. The molecule has 0 saturated carbocycles. The van der Waals surface area contributed by atoms with Gasteiger partial charge in [-0.3, -0.25) is 14.5 Å². The molecule has 2 bridgehead atoms. The summed E-state index contributed by atoms with van der Waals surface area (Å²) in [5, 5.41) is 0. The monoisotopic (exact) mass is 335 g/mol. The molecule has 2 saturated heterocycles. The van der Waals surface area contributed by atoms with Crippen LogP contribution in [0.3, 0.4) is 0 Å². The maximum absolute atomic E-state index is 12.6. The first-order valence-electron chi connectivity index (χ1n) is 8.62. The van der Waals surface area contributed by atoms with Crippen LogP contribution in [0.15, 0.2) is 24.8 Å². The Kier molecular flexibility index (Phi) is 4.78. The largest absolute Gasteiger partial charge is 0.465 e. The van der Waals surface area contributed by atoms with Gasteiger partial charge >= 0.3 is 11.9 Å². The van der Waals surface area contributed by atoms with Gasteiger partial charge < -0.3 is 14.2 Å². The number of carbonyl (C=O) groups is 2. The molecule has 0 radical (unpaired) electrons. The summed E-state index contributed by atoms with van der Waals surface area (Å²) in [5.41, 5.74) is -0.613. The zero-order chi connectivity index (χ0) is 17.3. The van der Waals surface area contributed by atoms with Crippen LogP contribution in [-0.4, -0.2) is 60.9 Å². The predicted octanol–water partition coefficient (Wildman–Crippen LogP) is 1.31. The molecule has 0 aromatic heterocycles. The Morgan fingerprint density at radius 3 is 2.58 bits per heavy atom. The number of hydrogen-bond acceptors (Lipinski definition) is 6. The number of esters is 2. The zero-order valence-electron chi connectivity index (χ0n) is 14.3. The van der Waals surface area contributed by atoms with Crippen molar-refractivity contribution in [3.05, 3.63) is 24.8 Å². The molecule has 3 heterocycles. The van der Waals surface area contributed by atoms with Crippen LogP contribution in [0.4, 0.5) is 0 Å². The average Bonchev–Trinajstić information content (AvgIpc) is 3.18. The van der Waals surface area contributed by atoms with Crippen LogP contribution in [0.5, 0.6) is 0 Å². The molecule has 3 aliphatic rings. The van der Waals surface area contributed by atoms with Gasteiger partial charge in [0, 0.05) is 19.0 Å². The van der Waals surface area contributed by atoms with E-state index in [1.54, 1.807) is 19.9 Å². The molecule has 132 valence electrons. The summed E-state index contributed by atoms with van der Waals surface area (Å²) in [6.07, 6.45) is 6.85. The normalized spacial score (nSPS) is 33.7. The molecule has 0 aliphatic carbocycles. The number of carbonyl (C=O) groups excluding carboxylic acids is 2. The van der Waals surface area contributed by atoms with Gasteiger partial charge in [-0.25, -0.2) is 0 Å². The molecule has 2 fully saturated rings. The molecule has 1 spiro atoms. The minimum atomic E-state index is -1.02. The van der Waals surface area contributed by atoms with Gasteiger partial charge in [-0.15, -0.1) is 6.58 Å². The Bertz CT molecular complexity index is 542. The molecule has 4 atom stereocenters. The lowest BCUT2D eigenvalue weighted by Gasteiger charge is -2.36. The summed E-state index contributed by atoms with van der Waals surface area (Å²) < 4.78 is 16.6. The molecule has 24 heavy (non-hydrogen) atoms. The third kappa shape index (κ3) is 2.58. The van der Waals surface area contributed by atoms with Crippen LogP contribution in [-0.2, 0) is 23.8 Å². The molecule has 6 nitrogen and oxygen atoms in total. The lowest BCUT2D eigenvalue weighted by atomic mass is 9.77. The zero-order valence-corrected chi connectivity index (χ0v) is 14.3. The third-order valence-corrected chi connectivity index (χ3v) is 5.15. The lowest BCUT2D eigenvalue weighted by Crippen LogP contribution is -2.55. The lowest BCUT2D eigenvalue weighted by molar-refractivity contribution is -0.168. The summed E-state index contributed by atoms with van der Waals surface area (Å²) in [6.45, 7) is 9.06. The molecule has 3 aliphatic heterocycles. The molecule has 0 amide bonds. The van der Waals surface area contributed by atoms with Crippen LogP contribution < -0.4 is 0 Å². The molecular weight excluding hydrogens is 310 g/mol. The highest BCUT2D eigenvalue weighted by molar-refractivity contribution is 5.96. The number of rotatable bonds is 7. The third-order valence-electron chi connectivity index (χ3n) is 5.15. The van der Waals surface area contributed by atoms with Gasteiger partial charge in [0.05, 0.1) is 25.4 Å². The minimum Gasteiger partial charge on any atom is -0.465 e. The van der Waals surface area contributed by atoms with Crippen LogP contribution in [0, 0.1) is 11.8 Å². The second-order valence-corrected chi connectivity index (χ2v) is 6.47. The second-order valence-electron chi connectivity index (χ2n) is 6.47. The van der Waals surface area contributed by atoms with Crippen molar-refractivity contribution in [3.63, 3.8) is 0 Å². The molecule has 0 aromatic rings. The van der Waals surface area contributed by atoms with Crippen molar-refractivity contribution in [2.24, 2.45) is 11.8 Å². The van der Waals surface area contributed by atoms with Crippen LogP contribution in [0.2, 0.25) is 0 Å². The van der Waals surface area contributed by atoms with E-state index in [9.17, 15) is 9.59 Å². The molecule has 0 aromatic carbocycles. The van der Waals surface area contributed by atoms with E-state index in [1.807, 2.05) is 12.2 Å². The number of hydrogen-bond donors (Lipinski definition) is 0. The first kappa shape index (κ1) is 17.2. The van der Waals surface area contributed by atoms with E-state index >= 15 is 0 Å². The number of nitrogens with zero attached hydrogens (tertiary/aromatic N) is 1. The highest BCUT2D eigenvalue weighted by Crippen LogP contribution is 2.53. The highest BCUT2D eigenvalue weighted by Gasteiger charge is 2.65. The summed E-state index contributed by atoms with van der Waals surface area (Å²) in [6, 6.07) is -0.428. The van der Waals surface area contributed by atoms with E-state index in [2.05, 4.69) is 11.5 Å². The summed E-state index contributed by atoms with van der Waals surface area (Å²) in [5.74, 6) is -1.84. The van der Waals surface area contributed by atoms with E-state index in [1.165, 1.54) is 0 Å². The van der Waals surface area contributed by atoms with Gasteiger partial charge in [0.1, 0.15) is 5.60 Å². The fourth-order valence-corrected chi connectivity index (χ4v) is 4.37.